The second-order valence-corrected chi connectivity index (χ2v) is 13.6. The van der Waals surface area contributed by atoms with Crippen LogP contribution in [0.2, 0.25) is 0 Å². The van der Waals surface area contributed by atoms with E-state index in [4.69, 9.17) is 4.98 Å². The van der Waals surface area contributed by atoms with Crippen LogP contribution >= 0.6 is 0 Å². The molecule has 1 heteroatoms. The normalized spacial score (nSPS) is 14.0. The first kappa shape index (κ1) is 28.0. The van der Waals surface area contributed by atoms with Crippen LogP contribution in [0.3, 0.4) is 0 Å². The van der Waals surface area contributed by atoms with Gasteiger partial charge in [-0.05, 0) is 116 Å². The highest BCUT2D eigenvalue weighted by Gasteiger charge is 2.52. The third kappa shape index (κ3) is 3.90. The highest BCUT2D eigenvalue weighted by Crippen LogP contribution is 2.64. The summed E-state index contributed by atoms with van der Waals surface area (Å²) < 4.78 is 0. The molecule has 1 spiro atoms. The number of nitrogens with zero attached hydrogens (tertiary/aromatic N) is 1. The number of benzene rings is 7. The first-order valence-corrected chi connectivity index (χ1v) is 17.1. The molecule has 2 aliphatic carbocycles. The maximum absolute atomic E-state index is 5.28. The van der Waals surface area contributed by atoms with Crippen molar-refractivity contribution in [1.29, 1.82) is 0 Å². The van der Waals surface area contributed by atoms with E-state index in [1.54, 1.807) is 0 Å². The van der Waals surface area contributed by atoms with Crippen molar-refractivity contribution < 1.29 is 0 Å². The molecule has 0 N–H and O–H groups in total. The van der Waals surface area contributed by atoms with Crippen LogP contribution in [-0.2, 0) is 5.41 Å². The van der Waals surface area contributed by atoms with Crippen LogP contribution in [0.5, 0.6) is 0 Å². The summed E-state index contributed by atoms with van der Waals surface area (Å²) in [5.41, 5.74) is 18.5. The molecule has 0 saturated heterocycles. The molecule has 1 nitrogen and oxygen atoms in total. The number of hydrogen-bond donors (Lipinski definition) is 0. The van der Waals surface area contributed by atoms with Crippen molar-refractivity contribution in [2.45, 2.75) is 19.3 Å². The van der Waals surface area contributed by atoms with Gasteiger partial charge in [-0.15, -0.1) is 0 Å². The Morgan fingerprint density at radius 3 is 1.82 bits per heavy atom. The van der Waals surface area contributed by atoms with Crippen molar-refractivity contribution in [2.75, 3.05) is 0 Å². The Morgan fingerprint density at radius 1 is 0.429 bits per heavy atom. The van der Waals surface area contributed by atoms with E-state index in [1.165, 1.54) is 82.9 Å². The minimum absolute atomic E-state index is 0.398. The van der Waals surface area contributed by atoms with Gasteiger partial charge in [-0.3, -0.25) is 0 Å². The van der Waals surface area contributed by atoms with E-state index in [2.05, 4.69) is 178 Å². The second kappa shape index (κ2) is 10.5. The quantitative estimate of drug-likeness (QED) is 0.191. The van der Waals surface area contributed by atoms with Crippen molar-refractivity contribution in [3.05, 3.63) is 197 Å². The van der Waals surface area contributed by atoms with Gasteiger partial charge in [-0.1, -0.05) is 140 Å². The summed E-state index contributed by atoms with van der Waals surface area (Å²) in [5.74, 6) is 0. The van der Waals surface area contributed by atoms with Crippen LogP contribution in [0.15, 0.2) is 164 Å². The fourth-order valence-corrected chi connectivity index (χ4v) is 8.86. The Kier molecular flexibility index (Phi) is 5.99. The van der Waals surface area contributed by atoms with E-state index in [-0.39, 0.29) is 0 Å². The summed E-state index contributed by atoms with van der Waals surface area (Å²) in [5, 5.41) is 3.66. The number of para-hydroxylation sites is 1. The number of hydrogen-bond acceptors (Lipinski definition) is 1. The largest absolute Gasteiger partial charge is 0.248 e. The number of aromatic nitrogens is 1. The van der Waals surface area contributed by atoms with Gasteiger partial charge in [-0.25, -0.2) is 4.98 Å². The van der Waals surface area contributed by atoms with Crippen molar-refractivity contribution in [1.82, 2.24) is 4.98 Å². The average Bonchev–Trinajstić information content (AvgIpc) is 3.59. The summed E-state index contributed by atoms with van der Waals surface area (Å²) in [6.07, 6.45) is 0. The van der Waals surface area contributed by atoms with Crippen LogP contribution in [0.25, 0.3) is 66.3 Å². The summed E-state index contributed by atoms with van der Waals surface area (Å²) in [6, 6.07) is 60.3. The Labute approximate surface area is 286 Å². The number of allylic oxidation sites excluding steroid dienone is 2. The summed E-state index contributed by atoms with van der Waals surface area (Å²) in [6.45, 7) is 4.58. The second-order valence-electron chi connectivity index (χ2n) is 13.6. The Bertz CT molecular complexity index is 2650. The Hall–Kier alpha value is -6.05. The van der Waals surface area contributed by atoms with Gasteiger partial charge in [0.2, 0.25) is 0 Å². The van der Waals surface area contributed by atoms with Gasteiger partial charge in [0, 0.05) is 10.9 Å². The van der Waals surface area contributed by atoms with E-state index in [0.29, 0.717) is 0 Å². The minimum Gasteiger partial charge on any atom is -0.248 e. The molecule has 0 saturated carbocycles. The van der Waals surface area contributed by atoms with Gasteiger partial charge in [0.15, 0.2) is 0 Å². The van der Waals surface area contributed by atoms with Crippen LogP contribution in [0, 0.1) is 6.92 Å². The zero-order valence-electron chi connectivity index (χ0n) is 27.5. The third-order valence-corrected chi connectivity index (χ3v) is 11.0. The topological polar surface area (TPSA) is 12.9 Å². The van der Waals surface area contributed by atoms with Crippen LogP contribution in [-0.4, -0.2) is 4.98 Å². The summed E-state index contributed by atoms with van der Waals surface area (Å²) in [4.78, 5) is 5.28. The SMILES string of the molecule is CC1=C(c2ccccc2C)C2(c3ccc(-c4cc(-c5ccc6ccccc6c5)c5ccccc5n4)cc31)c1ccccc1-c1ccccc12. The van der Waals surface area contributed by atoms with Crippen LogP contribution in [0.4, 0.5) is 0 Å². The fraction of sp³-hybridized carbons (Fsp3) is 0.0625. The molecule has 0 bridgehead atoms. The van der Waals surface area contributed by atoms with Gasteiger partial charge in [-0.2, -0.15) is 0 Å². The predicted octanol–water partition coefficient (Wildman–Crippen LogP) is 12.3. The molecule has 0 fully saturated rings. The molecule has 8 aromatic rings. The third-order valence-electron chi connectivity index (χ3n) is 11.0. The van der Waals surface area contributed by atoms with Crippen molar-refractivity contribution in [3.63, 3.8) is 0 Å². The molecule has 49 heavy (non-hydrogen) atoms. The molecule has 1 heterocycles. The lowest BCUT2D eigenvalue weighted by Gasteiger charge is -2.33. The molecule has 10 rings (SSSR count). The molecule has 7 aromatic carbocycles. The lowest BCUT2D eigenvalue weighted by atomic mass is 9.67. The zero-order chi connectivity index (χ0) is 32.7. The zero-order valence-corrected chi connectivity index (χ0v) is 27.5. The van der Waals surface area contributed by atoms with Crippen molar-refractivity contribution in [2.24, 2.45) is 0 Å². The highest BCUT2D eigenvalue weighted by molar-refractivity contribution is 6.10. The lowest BCUT2D eigenvalue weighted by molar-refractivity contribution is 0.841. The number of rotatable bonds is 3. The Morgan fingerprint density at radius 2 is 1.04 bits per heavy atom. The molecule has 2 aliphatic rings. The molecular formula is C48H33N. The highest BCUT2D eigenvalue weighted by atomic mass is 14.7. The molecular weight excluding hydrogens is 591 g/mol. The standard InChI is InChI=1S/C48H33N/c1-30-13-3-6-16-36(30)47-31(2)40-28-35(25-26-44(40)48(47)42-20-10-7-17-37(42)38-18-8-11-21-43(38)48)46-29-41(39-19-9-12-22-45(39)49-46)34-24-23-32-14-4-5-15-33(32)27-34/h3-29H,1-2H3. The number of pyridine rings is 1. The van der Waals surface area contributed by atoms with Crippen molar-refractivity contribution >= 4 is 32.8 Å². The maximum Gasteiger partial charge on any atom is 0.0728 e. The first-order valence-electron chi connectivity index (χ1n) is 17.1. The van der Waals surface area contributed by atoms with E-state index in [0.717, 1.165) is 16.8 Å². The smallest absolute Gasteiger partial charge is 0.0728 e. The lowest BCUT2D eigenvalue weighted by Crippen LogP contribution is -2.27. The van der Waals surface area contributed by atoms with Gasteiger partial charge in [0.1, 0.15) is 0 Å². The van der Waals surface area contributed by atoms with Crippen LogP contribution in [0.1, 0.15) is 40.3 Å². The van der Waals surface area contributed by atoms with Gasteiger partial charge in [0.05, 0.1) is 16.6 Å². The maximum atomic E-state index is 5.28. The predicted molar refractivity (Wildman–Crippen MR) is 206 cm³/mol. The fourth-order valence-electron chi connectivity index (χ4n) is 8.86. The monoisotopic (exact) mass is 623 g/mol. The van der Waals surface area contributed by atoms with E-state index in [9.17, 15) is 0 Å². The van der Waals surface area contributed by atoms with Crippen molar-refractivity contribution in [3.8, 4) is 33.5 Å². The molecule has 230 valence electrons. The summed E-state index contributed by atoms with van der Waals surface area (Å²) >= 11 is 0. The van der Waals surface area contributed by atoms with E-state index in [1.807, 2.05) is 0 Å². The number of fused-ring (bicyclic) bond motifs is 9. The minimum atomic E-state index is -0.398. The van der Waals surface area contributed by atoms with E-state index < -0.39 is 5.41 Å². The van der Waals surface area contributed by atoms with Gasteiger partial charge < -0.3 is 0 Å². The van der Waals surface area contributed by atoms with Gasteiger partial charge >= 0.3 is 0 Å². The summed E-state index contributed by atoms with van der Waals surface area (Å²) in [7, 11) is 0. The van der Waals surface area contributed by atoms with Gasteiger partial charge in [0.25, 0.3) is 0 Å². The van der Waals surface area contributed by atoms with E-state index >= 15 is 0 Å². The average molecular weight is 624 g/mol. The Balaban J connectivity index is 1.24. The molecule has 0 atom stereocenters. The molecule has 0 aliphatic heterocycles. The molecule has 0 radical (unpaired) electrons. The van der Waals surface area contributed by atoms with Crippen LogP contribution < -0.4 is 0 Å². The molecule has 0 unspecified atom stereocenters. The first-order chi connectivity index (χ1) is 24.1. The molecule has 1 aromatic heterocycles. The number of aryl methyl sites for hydroxylation is 1. The molecule has 0 amide bonds.